The first kappa shape index (κ1) is 20.8. The summed E-state index contributed by atoms with van der Waals surface area (Å²) in [7, 11) is 3.10. The van der Waals surface area contributed by atoms with Crippen molar-refractivity contribution in [3.05, 3.63) is 68.1 Å². The van der Waals surface area contributed by atoms with Gasteiger partial charge in [0.1, 0.15) is 5.25 Å². The van der Waals surface area contributed by atoms with E-state index in [1.165, 1.54) is 16.7 Å². The second-order valence-electron chi connectivity index (χ2n) is 7.66. The number of ether oxygens (including phenoxy) is 2. The predicted molar refractivity (Wildman–Crippen MR) is 123 cm³/mol. The third-order valence-electron chi connectivity index (χ3n) is 5.95. The van der Waals surface area contributed by atoms with Gasteiger partial charge in [-0.2, -0.15) is 0 Å². The predicted octanol–water partition coefficient (Wildman–Crippen LogP) is 3.56. The first-order valence-corrected chi connectivity index (χ1v) is 11.7. The number of methoxy groups -OCH3 is 2. The van der Waals surface area contributed by atoms with E-state index in [2.05, 4.69) is 4.98 Å². The number of H-pyrrole nitrogens is 1. The van der Waals surface area contributed by atoms with Gasteiger partial charge in [0.25, 0.3) is 0 Å². The van der Waals surface area contributed by atoms with Crippen LogP contribution in [-0.4, -0.2) is 36.3 Å². The van der Waals surface area contributed by atoms with Crippen molar-refractivity contribution in [3.8, 4) is 11.5 Å². The van der Waals surface area contributed by atoms with E-state index in [0.29, 0.717) is 22.2 Å². The van der Waals surface area contributed by atoms with Gasteiger partial charge in [-0.25, -0.2) is 4.90 Å². The second kappa shape index (κ2) is 7.83. The highest BCUT2D eigenvalue weighted by Gasteiger charge is 2.56. The number of amides is 2. The van der Waals surface area contributed by atoms with Crippen LogP contribution in [0.4, 0.5) is 5.69 Å². The number of fused-ring (bicyclic) bond motifs is 2. The summed E-state index contributed by atoms with van der Waals surface area (Å²) in [6.45, 7) is 1.88. The average molecular weight is 469 g/mol. The number of rotatable bonds is 4. The van der Waals surface area contributed by atoms with Gasteiger partial charge in [-0.05, 0) is 36.2 Å². The maximum absolute atomic E-state index is 13.7. The molecule has 1 fully saturated rings. The molecule has 2 aliphatic rings. The number of carbonyl (C=O) groups excluding carboxylic acids is 2. The molecule has 32 heavy (non-hydrogen) atoms. The number of aromatic amines is 1. The van der Waals surface area contributed by atoms with Crippen molar-refractivity contribution < 1.29 is 19.1 Å². The molecule has 0 spiro atoms. The van der Waals surface area contributed by atoms with Crippen molar-refractivity contribution in [3.63, 3.8) is 0 Å². The second-order valence-corrected chi connectivity index (χ2v) is 9.83. The Labute approximate surface area is 192 Å². The first-order chi connectivity index (χ1) is 15.4. The van der Waals surface area contributed by atoms with E-state index in [9.17, 15) is 14.4 Å². The van der Waals surface area contributed by atoms with Crippen molar-refractivity contribution in [2.45, 2.75) is 23.1 Å². The molecule has 2 amide bonds. The first-order valence-electron chi connectivity index (χ1n) is 9.99. The van der Waals surface area contributed by atoms with Crippen molar-refractivity contribution in [1.82, 2.24) is 4.98 Å². The lowest BCUT2D eigenvalue weighted by Gasteiger charge is -2.30. The Morgan fingerprint density at radius 3 is 2.44 bits per heavy atom. The molecule has 9 heteroatoms. The minimum Gasteiger partial charge on any atom is -0.493 e. The van der Waals surface area contributed by atoms with Crippen LogP contribution in [-0.2, 0) is 9.59 Å². The molecule has 7 nitrogen and oxygen atoms in total. The summed E-state index contributed by atoms with van der Waals surface area (Å²) < 4.78 is 10.8. The summed E-state index contributed by atoms with van der Waals surface area (Å²) in [6, 6.07) is 12.8. The summed E-state index contributed by atoms with van der Waals surface area (Å²) in [6.07, 6.45) is 0. The van der Waals surface area contributed by atoms with Crippen LogP contribution in [0, 0.1) is 12.8 Å². The number of aromatic nitrogens is 1. The summed E-state index contributed by atoms with van der Waals surface area (Å²) in [5, 5.41) is 0.0202. The van der Waals surface area contributed by atoms with Crippen molar-refractivity contribution >= 4 is 40.6 Å². The Morgan fingerprint density at radius 1 is 0.969 bits per heavy atom. The summed E-state index contributed by atoms with van der Waals surface area (Å²) in [5.41, 5.74) is 2.24. The number of nitrogens with one attached hydrogen (secondary N) is 1. The molecule has 2 aliphatic heterocycles. The maximum atomic E-state index is 13.7. The number of benzene rings is 2. The summed E-state index contributed by atoms with van der Waals surface area (Å²) in [5.74, 6) is -0.516. The van der Waals surface area contributed by atoms with Gasteiger partial charge in [0.2, 0.25) is 11.8 Å². The van der Waals surface area contributed by atoms with Gasteiger partial charge in [0.05, 0.1) is 30.9 Å². The summed E-state index contributed by atoms with van der Waals surface area (Å²) in [4.78, 5) is 44.1. The van der Waals surface area contributed by atoms with Crippen LogP contribution in [0.1, 0.15) is 21.9 Å². The average Bonchev–Trinajstić information content (AvgIpc) is 3.28. The van der Waals surface area contributed by atoms with Crippen LogP contribution in [0.25, 0.3) is 0 Å². The molecular formula is C23H20N2O5S2. The number of aryl methyl sites for hydroxylation is 1. The fraction of sp³-hybridized carbons (Fsp3) is 0.261. The lowest BCUT2D eigenvalue weighted by atomic mass is 9.83. The molecule has 0 bridgehead atoms. The van der Waals surface area contributed by atoms with E-state index in [4.69, 9.17) is 9.47 Å². The monoisotopic (exact) mass is 468 g/mol. The molecule has 1 saturated heterocycles. The number of para-hydroxylation sites is 1. The lowest BCUT2D eigenvalue weighted by molar-refractivity contribution is -0.122. The zero-order valence-corrected chi connectivity index (χ0v) is 19.2. The Morgan fingerprint density at radius 2 is 1.72 bits per heavy atom. The van der Waals surface area contributed by atoms with Crippen LogP contribution >= 0.6 is 23.1 Å². The number of imide groups is 1. The minimum absolute atomic E-state index is 0.205. The molecular weight excluding hydrogens is 448 g/mol. The van der Waals surface area contributed by atoms with Crippen LogP contribution in [0.5, 0.6) is 11.5 Å². The molecule has 3 atom stereocenters. The minimum atomic E-state index is -0.635. The number of nitrogens with zero attached hydrogens (tertiary/aromatic N) is 1. The normalized spacial score (nSPS) is 22.0. The fourth-order valence-corrected chi connectivity index (χ4v) is 6.99. The SMILES string of the molecule is COc1ccc(C2c3sc(=O)[nH]c3SC3C(=O)N(c4ccccc4C)C(=O)C32)cc1OC. The lowest BCUT2D eigenvalue weighted by Crippen LogP contribution is -2.32. The van der Waals surface area contributed by atoms with E-state index in [0.717, 1.165) is 27.3 Å². The Bertz CT molecular complexity index is 1300. The molecule has 3 heterocycles. The molecule has 164 valence electrons. The number of thioether (sulfide) groups is 1. The zero-order valence-electron chi connectivity index (χ0n) is 17.6. The topological polar surface area (TPSA) is 88.7 Å². The molecule has 0 saturated carbocycles. The highest BCUT2D eigenvalue weighted by atomic mass is 32.2. The number of hydrogen-bond donors (Lipinski definition) is 1. The van der Waals surface area contributed by atoms with Gasteiger partial charge in [-0.15, -0.1) is 0 Å². The van der Waals surface area contributed by atoms with Gasteiger partial charge >= 0.3 is 4.87 Å². The van der Waals surface area contributed by atoms with E-state index in [-0.39, 0.29) is 16.7 Å². The van der Waals surface area contributed by atoms with E-state index in [1.807, 2.05) is 37.3 Å². The van der Waals surface area contributed by atoms with Crippen LogP contribution in [0.15, 0.2) is 52.3 Å². The highest BCUT2D eigenvalue weighted by molar-refractivity contribution is 8.00. The van der Waals surface area contributed by atoms with Gasteiger partial charge in [0, 0.05) is 10.8 Å². The van der Waals surface area contributed by atoms with E-state index in [1.54, 1.807) is 26.4 Å². The largest absolute Gasteiger partial charge is 0.493 e. The number of hydrogen-bond acceptors (Lipinski definition) is 7. The standard InChI is InChI=1S/C23H20N2O5S2/c1-11-6-4-5-7-13(11)25-21(26)17-16(12-8-9-14(29-2)15(10-12)30-3)18-20(24-23(28)32-18)31-19(17)22(25)27/h4-10,16-17,19H,1-3H3,(H,24,28). The molecule has 3 aromatic rings. The zero-order chi connectivity index (χ0) is 22.6. The van der Waals surface area contributed by atoms with Crippen LogP contribution in [0.3, 0.4) is 0 Å². The van der Waals surface area contributed by atoms with E-state index < -0.39 is 17.1 Å². The van der Waals surface area contributed by atoms with Gasteiger partial charge in [-0.3, -0.25) is 14.4 Å². The van der Waals surface area contributed by atoms with Crippen LogP contribution in [0.2, 0.25) is 0 Å². The smallest absolute Gasteiger partial charge is 0.305 e. The number of carbonyl (C=O) groups is 2. The molecule has 5 rings (SSSR count). The van der Waals surface area contributed by atoms with E-state index >= 15 is 0 Å². The van der Waals surface area contributed by atoms with Gasteiger partial charge in [0.15, 0.2) is 11.5 Å². The number of thiazole rings is 1. The van der Waals surface area contributed by atoms with Crippen molar-refractivity contribution in [1.29, 1.82) is 0 Å². The Kier molecular flexibility index (Phi) is 5.10. The van der Waals surface area contributed by atoms with Crippen LogP contribution < -0.4 is 19.2 Å². The molecule has 1 aromatic heterocycles. The van der Waals surface area contributed by atoms with Crippen molar-refractivity contribution in [2.75, 3.05) is 19.1 Å². The fourth-order valence-electron chi connectivity index (χ4n) is 4.47. The number of anilines is 1. The maximum Gasteiger partial charge on any atom is 0.305 e. The third kappa shape index (κ3) is 3.07. The van der Waals surface area contributed by atoms with Gasteiger partial charge in [-0.1, -0.05) is 47.4 Å². The summed E-state index contributed by atoms with van der Waals surface area (Å²) >= 11 is 2.35. The van der Waals surface area contributed by atoms with Gasteiger partial charge < -0.3 is 14.5 Å². The molecule has 1 N–H and O–H groups in total. The molecule has 0 aliphatic carbocycles. The molecule has 0 radical (unpaired) electrons. The van der Waals surface area contributed by atoms with Crippen molar-refractivity contribution in [2.24, 2.45) is 5.92 Å². The Hall–Kier alpha value is -3.04. The molecule has 2 aromatic carbocycles. The third-order valence-corrected chi connectivity index (χ3v) is 8.35. The Balaban J connectivity index is 1.67. The highest BCUT2D eigenvalue weighted by Crippen LogP contribution is 2.53. The molecule has 3 unspecified atom stereocenters. The quantitative estimate of drug-likeness (QED) is 0.589.